The molecule has 0 spiro atoms. The van der Waals surface area contributed by atoms with E-state index in [1.54, 1.807) is 0 Å². The highest BCUT2D eigenvalue weighted by Crippen LogP contribution is 2.16. The second-order valence-corrected chi connectivity index (χ2v) is 6.65. The smallest absolute Gasteiger partial charge is 0.233 e. The summed E-state index contributed by atoms with van der Waals surface area (Å²) in [6, 6.07) is 10.2. The normalized spacial score (nSPS) is 11.0. The van der Waals surface area contributed by atoms with Crippen LogP contribution in [-0.2, 0) is 17.8 Å². The van der Waals surface area contributed by atoms with E-state index in [1.165, 1.54) is 11.8 Å². The minimum atomic E-state index is 0.107. The number of benzene rings is 1. The van der Waals surface area contributed by atoms with Crippen LogP contribution in [0.15, 0.2) is 35.5 Å². The molecule has 0 bridgehead atoms. The first-order chi connectivity index (χ1) is 11.1. The Kier molecular flexibility index (Phi) is 6.65. The number of amides is 1. The van der Waals surface area contributed by atoms with Crippen molar-refractivity contribution >= 4 is 17.7 Å². The van der Waals surface area contributed by atoms with Crippen molar-refractivity contribution in [2.24, 2.45) is 0 Å². The molecule has 124 valence electrons. The van der Waals surface area contributed by atoms with E-state index in [9.17, 15) is 4.79 Å². The molecule has 1 aromatic carbocycles. The summed E-state index contributed by atoms with van der Waals surface area (Å²) in [5, 5.41) is 7.71. The van der Waals surface area contributed by atoms with Gasteiger partial charge in [0.05, 0.1) is 5.75 Å². The third-order valence-electron chi connectivity index (χ3n) is 3.46. The van der Waals surface area contributed by atoms with Crippen molar-refractivity contribution in [1.29, 1.82) is 0 Å². The molecule has 2 aromatic rings. The summed E-state index contributed by atoms with van der Waals surface area (Å²) in [5.74, 6) is 1.34. The zero-order chi connectivity index (χ0) is 16.7. The van der Waals surface area contributed by atoms with Crippen LogP contribution in [0.2, 0.25) is 0 Å². The molecule has 0 fully saturated rings. The van der Waals surface area contributed by atoms with Crippen LogP contribution < -0.4 is 0 Å². The first-order valence-corrected chi connectivity index (χ1v) is 8.96. The molecule has 0 radical (unpaired) electrons. The topological polar surface area (TPSA) is 61.9 Å². The Morgan fingerprint density at radius 2 is 2.04 bits per heavy atom. The van der Waals surface area contributed by atoms with Gasteiger partial charge in [-0.2, -0.15) is 0 Å². The number of thioether (sulfide) groups is 1. The van der Waals surface area contributed by atoms with Gasteiger partial charge in [-0.05, 0) is 25.8 Å². The van der Waals surface area contributed by atoms with Crippen LogP contribution in [0.3, 0.4) is 0 Å². The van der Waals surface area contributed by atoms with E-state index in [0.29, 0.717) is 17.5 Å². The van der Waals surface area contributed by atoms with Crippen LogP contribution in [0.4, 0.5) is 0 Å². The van der Waals surface area contributed by atoms with Gasteiger partial charge in [-0.15, -0.1) is 5.10 Å². The highest BCUT2D eigenvalue weighted by atomic mass is 32.2. The average molecular weight is 332 g/mol. The van der Waals surface area contributed by atoms with Crippen molar-refractivity contribution in [1.82, 2.24) is 20.1 Å². The Balaban J connectivity index is 1.92. The molecule has 23 heavy (non-hydrogen) atoms. The third kappa shape index (κ3) is 5.39. The minimum Gasteiger partial charge on any atom is -0.335 e. The number of hydrogen-bond acceptors (Lipinski definition) is 4. The van der Waals surface area contributed by atoms with Gasteiger partial charge >= 0.3 is 0 Å². The number of aromatic amines is 1. The van der Waals surface area contributed by atoms with Crippen molar-refractivity contribution in [3.05, 3.63) is 41.7 Å². The number of carbonyl (C=O) groups excluding carboxylic acids is 1. The maximum Gasteiger partial charge on any atom is 0.233 e. The molecule has 1 aromatic heterocycles. The molecule has 5 nitrogen and oxygen atoms in total. The predicted molar refractivity (Wildman–Crippen MR) is 93.2 cm³/mol. The molecule has 1 N–H and O–H groups in total. The number of H-pyrrole nitrogens is 1. The highest BCUT2D eigenvalue weighted by Gasteiger charge is 2.18. The van der Waals surface area contributed by atoms with Crippen LogP contribution in [-0.4, -0.2) is 37.8 Å². The van der Waals surface area contributed by atoms with Crippen molar-refractivity contribution < 1.29 is 4.79 Å². The summed E-state index contributed by atoms with van der Waals surface area (Å²) in [4.78, 5) is 18.8. The van der Waals surface area contributed by atoms with Gasteiger partial charge in [-0.3, -0.25) is 9.89 Å². The van der Waals surface area contributed by atoms with Gasteiger partial charge in [0.15, 0.2) is 0 Å². The summed E-state index contributed by atoms with van der Waals surface area (Å²) in [5.41, 5.74) is 1.14. The first kappa shape index (κ1) is 17.5. The standard InChI is InChI=1S/C17H24N4OS/c1-4-8-15-18-17(20-19-15)23-12-16(22)21(13(2)3)11-14-9-6-5-7-10-14/h5-7,9-10,13H,4,8,11-12H2,1-3H3,(H,18,19,20). The van der Waals surface area contributed by atoms with Crippen LogP contribution in [0.5, 0.6) is 0 Å². The molecule has 0 aliphatic rings. The highest BCUT2D eigenvalue weighted by molar-refractivity contribution is 7.99. The molecule has 1 amide bonds. The Morgan fingerprint density at radius 3 is 2.70 bits per heavy atom. The number of carbonyl (C=O) groups is 1. The van der Waals surface area contributed by atoms with Crippen molar-refractivity contribution in [2.75, 3.05) is 5.75 Å². The molecule has 0 saturated heterocycles. The second-order valence-electron chi connectivity index (χ2n) is 5.70. The van der Waals surface area contributed by atoms with Crippen LogP contribution >= 0.6 is 11.8 Å². The maximum atomic E-state index is 12.5. The molecule has 0 aliphatic heterocycles. The van der Waals surface area contributed by atoms with Crippen molar-refractivity contribution in [3.63, 3.8) is 0 Å². The van der Waals surface area contributed by atoms with Gasteiger partial charge in [0.2, 0.25) is 11.1 Å². The fourth-order valence-corrected chi connectivity index (χ4v) is 2.94. The molecular weight excluding hydrogens is 308 g/mol. The Labute approximate surface area is 141 Å². The lowest BCUT2D eigenvalue weighted by Crippen LogP contribution is -2.37. The average Bonchev–Trinajstić information content (AvgIpc) is 2.99. The molecule has 0 saturated carbocycles. The van der Waals surface area contributed by atoms with E-state index < -0.39 is 0 Å². The van der Waals surface area contributed by atoms with Gasteiger partial charge < -0.3 is 4.90 Å². The summed E-state index contributed by atoms with van der Waals surface area (Å²) in [6.07, 6.45) is 1.91. The van der Waals surface area contributed by atoms with Crippen molar-refractivity contribution in [3.8, 4) is 0 Å². The maximum absolute atomic E-state index is 12.5. The fourth-order valence-electron chi connectivity index (χ4n) is 2.24. The van der Waals surface area contributed by atoms with E-state index >= 15 is 0 Å². The van der Waals surface area contributed by atoms with Crippen LogP contribution in [0.1, 0.15) is 38.6 Å². The molecule has 6 heteroatoms. The monoisotopic (exact) mass is 332 g/mol. The predicted octanol–water partition coefficient (Wildman–Crippen LogP) is 3.29. The van der Waals surface area contributed by atoms with E-state index in [4.69, 9.17) is 0 Å². The summed E-state index contributed by atoms with van der Waals surface area (Å²) < 4.78 is 0. The van der Waals surface area contributed by atoms with Gasteiger partial charge in [0.1, 0.15) is 5.82 Å². The van der Waals surface area contributed by atoms with Gasteiger partial charge in [-0.1, -0.05) is 49.0 Å². The number of nitrogens with zero attached hydrogens (tertiary/aromatic N) is 3. The number of aromatic nitrogens is 3. The van der Waals surface area contributed by atoms with Crippen LogP contribution in [0.25, 0.3) is 0 Å². The number of rotatable bonds is 8. The molecule has 1 heterocycles. The first-order valence-electron chi connectivity index (χ1n) is 7.97. The van der Waals surface area contributed by atoms with E-state index in [0.717, 1.165) is 24.2 Å². The van der Waals surface area contributed by atoms with Gasteiger partial charge in [0, 0.05) is 19.0 Å². The summed E-state index contributed by atoms with van der Waals surface area (Å²) >= 11 is 1.39. The lowest BCUT2D eigenvalue weighted by Gasteiger charge is -2.26. The molecular formula is C17H24N4OS. The quantitative estimate of drug-likeness (QED) is 0.754. The zero-order valence-corrected chi connectivity index (χ0v) is 14.8. The summed E-state index contributed by atoms with van der Waals surface area (Å²) in [7, 11) is 0. The SMILES string of the molecule is CCCc1nc(SCC(=O)N(Cc2ccccc2)C(C)C)n[nH]1. The third-order valence-corrected chi connectivity index (χ3v) is 4.29. The lowest BCUT2D eigenvalue weighted by molar-refractivity contribution is -0.130. The van der Waals surface area contributed by atoms with Gasteiger partial charge in [0.25, 0.3) is 0 Å². The minimum absolute atomic E-state index is 0.107. The Bertz CT molecular complexity index is 612. The molecule has 0 atom stereocenters. The van der Waals surface area contributed by atoms with Crippen LogP contribution in [0, 0.1) is 0 Å². The zero-order valence-electron chi connectivity index (χ0n) is 14.0. The summed E-state index contributed by atoms with van der Waals surface area (Å²) in [6.45, 7) is 6.81. The molecule has 0 aliphatic carbocycles. The number of aryl methyl sites for hydroxylation is 1. The van der Waals surface area contributed by atoms with E-state index in [-0.39, 0.29) is 11.9 Å². The lowest BCUT2D eigenvalue weighted by atomic mass is 10.2. The Hall–Kier alpha value is -1.82. The second kappa shape index (κ2) is 8.72. The van der Waals surface area contributed by atoms with E-state index in [1.807, 2.05) is 49.1 Å². The van der Waals surface area contributed by atoms with E-state index in [2.05, 4.69) is 22.1 Å². The van der Waals surface area contributed by atoms with Gasteiger partial charge in [-0.25, -0.2) is 4.98 Å². The fraction of sp³-hybridized carbons (Fsp3) is 0.471. The molecule has 0 unspecified atom stereocenters. The largest absolute Gasteiger partial charge is 0.335 e. The Morgan fingerprint density at radius 1 is 1.30 bits per heavy atom. The number of nitrogens with one attached hydrogen (secondary N) is 1. The van der Waals surface area contributed by atoms with Crippen molar-refractivity contribution in [2.45, 2.75) is 51.4 Å². The number of hydrogen-bond donors (Lipinski definition) is 1. The molecule has 2 rings (SSSR count).